The van der Waals surface area contributed by atoms with Gasteiger partial charge in [0.1, 0.15) is 23.0 Å². The maximum atomic E-state index is 12.7. The monoisotopic (exact) mass is 414 g/mol. The summed E-state index contributed by atoms with van der Waals surface area (Å²) < 4.78 is 6.87. The van der Waals surface area contributed by atoms with Crippen molar-refractivity contribution in [2.75, 3.05) is 6.54 Å². The van der Waals surface area contributed by atoms with Gasteiger partial charge in [0, 0.05) is 23.1 Å². The first kappa shape index (κ1) is 19.6. The number of hydrogen-bond donors (Lipinski definition) is 0. The van der Waals surface area contributed by atoms with Crippen LogP contribution >= 0.6 is 11.3 Å². The lowest BCUT2D eigenvalue weighted by molar-refractivity contribution is -0.140. The van der Waals surface area contributed by atoms with Crippen molar-refractivity contribution in [3.63, 3.8) is 0 Å². The number of benzene rings is 1. The molecule has 1 aromatic carbocycles. The number of imide groups is 1. The number of likely N-dealkylation sites (N-methyl/N-ethyl adjacent to an activating group) is 1. The van der Waals surface area contributed by atoms with Crippen LogP contribution in [0.5, 0.6) is 0 Å². The maximum absolute atomic E-state index is 12.7. The molecule has 0 spiro atoms. The highest BCUT2D eigenvalue weighted by atomic mass is 32.1. The molecule has 3 aromatic rings. The number of thiophene rings is 1. The minimum Gasteiger partial charge on any atom is -0.456 e. The van der Waals surface area contributed by atoms with Gasteiger partial charge >= 0.3 is 0 Å². The lowest BCUT2D eigenvalue weighted by Gasteiger charge is -2.25. The molecule has 30 heavy (non-hydrogen) atoms. The third-order valence-electron chi connectivity index (χ3n) is 4.91. The van der Waals surface area contributed by atoms with E-state index in [1.165, 1.54) is 0 Å². The molecule has 5 nitrogen and oxygen atoms in total. The van der Waals surface area contributed by atoms with E-state index < -0.39 is 11.8 Å². The normalized spacial score (nSPS) is 16.3. The second-order valence-electron chi connectivity index (χ2n) is 6.79. The predicted molar refractivity (Wildman–Crippen MR) is 118 cm³/mol. The Morgan fingerprint density at radius 2 is 1.90 bits per heavy atom. The van der Waals surface area contributed by atoms with E-state index in [0.717, 1.165) is 25.6 Å². The number of amides is 2. The summed E-state index contributed by atoms with van der Waals surface area (Å²) in [4.78, 5) is 27.1. The van der Waals surface area contributed by atoms with Crippen LogP contribution in [0.15, 0.2) is 63.6 Å². The zero-order valence-corrected chi connectivity index (χ0v) is 17.3. The highest BCUT2D eigenvalue weighted by molar-refractivity contribution is 7.19. The summed E-state index contributed by atoms with van der Waals surface area (Å²) >= 11 is 1.59. The molecule has 0 atom stereocenters. The second kappa shape index (κ2) is 7.97. The Bertz CT molecular complexity index is 1250. The van der Waals surface area contributed by atoms with Gasteiger partial charge in [0.2, 0.25) is 0 Å². The Labute approximate surface area is 177 Å². The van der Waals surface area contributed by atoms with E-state index in [-0.39, 0.29) is 12.1 Å². The average Bonchev–Trinajstić information content (AvgIpc) is 3.29. The molecule has 0 unspecified atom stereocenters. The zero-order chi connectivity index (χ0) is 21.3. The number of rotatable bonds is 4. The smallest absolute Gasteiger partial charge is 0.271 e. The zero-order valence-electron chi connectivity index (χ0n) is 16.5. The van der Waals surface area contributed by atoms with E-state index in [1.54, 1.807) is 31.3 Å². The van der Waals surface area contributed by atoms with Crippen LogP contribution in [0.1, 0.15) is 30.0 Å². The Morgan fingerprint density at radius 3 is 2.57 bits per heavy atom. The minimum absolute atomic E-state index is 0.00981. The molecule has 2 aromatic heterocycles. The SMILES string of the molecule is CCN1C(=O)C(C#N)=C(C)/C(=C/c2cc3sc(/C=C/c4ccccc4)cc3o2)C1=O. The van der Waals surface area contributed by atoms with Crippen molar-refractivity contribution < 1.29 is 14.0 Å². The topological polar surface area (TPSA) is 74.3 Å². The molecule has 148 valence electrons. The minimum atomic E-state index is -0.546. The summed E-state index contributed by atoms with van der Waals surface area (Å²) in [7, 11) is 0. The highest BCUT2D eigenvalue weighted by Crippen LogP contribution is 2.33. The van der Waals surface area contributed by atoms with Gasteiger partial charge in [0.15, 0.2) is 0 Å². The van der Waals surface area contributed by atoms with Gasteiger partial charge < -0.3 is 4.42 Å². The fourth-order valence-electron chi connectivity index (χ4n) is 3.33. The van der Waals surface area contributed by atoms with Crippen LogP contribution in [-0.2, 0) is 9.59 Å². The van der Waals surface area contributed by atoms with Crippen LogP contribution in [-0.4, -0.2) is 23.3 Å². The van der Waals surface area contributed by atoms with E-state index in [2.05, 4.69) is 0 Å². The largest absolute Gasteiger partial charge is 0.456 e. The molecule has 0 N–H and O–H groups in total. The van der Waals surface area contributed by atoms with Crippen LogP contribution in [0.3, 0.4) is 0 Å². The van der Waals surface area contributed by atoms with Crippen LogP contribution < -0.4 is 0 Å². The Kier molecular flexibility index (Phi) is 5.21. The van der Waals surface area contributed by atoms with Crippen molar-refractivity contribution in [3.05, 3.63) is 75.4 Å². The Balaban J connectivity index is 1.66. The van der Waals surface area contributed by atoms with Crippen molar-refractivity contribution in [3.8, 4) is 6.07 Å². The molecule has 0 aliphatic carbocycles. The number of nitriles is 1. The number of fused-ring (bicyclic) bond motifs is 1. The summed E-state index contributed by atoms with van der Waals surface area (Å²) in [5.41, 5.74) is 2.52. The summed E-state index contributed by atoms with van der Waals surface area (Å²) in [5, 5.41) is 9.34. The van der Waals surface area contributed by atoms with Crippen molar-refractivity contribution >= 4 is 51.7 Å². The van der Waals surface area contributed by atoms with E-state index in [9.17, 15) is 14.9 Å². The Morgan fingerprint density at radius 1 is 1.13 bits per heavy atom. The fourth-order valence-corrected chi connectivity index (χ4v) is 4.26. The third kappa shape index (κ3) is 3.51. The van der Waals surface area contributed by atoms with Crippen LogP contribution in [0, 0.1) is 11.3 Å². The molecule has 0 saturated heterocycles. The molecule has 0 saturated carbocycles. The number of furan rings is 1. The fraction of sp³-hybridized carbons (Fsp3) is 0.125. The molecular weight excluding hydrogens is 396 g/mol. The first-order chi connectivity index (χ1) is 14.5. The first-order valence-electron chi connectivity index (χ1n) is 9.47. The molecule has 3 heterocycles. The van der Waals surface area contributed by atoms with Gasteiger partial charge in [-0.2, -0.15) is 5.26 Å². The summed E-state index contributed by atoms with van der Waals surface area (Å²) in [6, 6.07) is 15.8. The van der Waals surface area contributed by atoms with Gasteiger partial charge in [0.25, 0.3) is 11.8 Å². The summed E-state index contributed by atoms with van der Waals surface area (Å²) in [6.45, 7) is 3.53. The summed E-state index contributed by atoms with van der Waals surface area (Å²) in [5.74, 6) is -0.444. The van der Waals surface area contributed by atoms with E-state index in [1.807, 2.05) is 60.7 Å². The third-order valence-corrected chi connectivity index (χ3v) is 5.94. The van der Waals surface area contributed by atoms with E-state index >= 15 is 0 Å². The van der Waals surface area contributed by atoms with Crippen LogP contribution in [0.25, 0.3) is 28.5 Å². The lowest BCUT2D eigenvalue weighted by atomic mass is 9.95. The maximum Gasteiger partial charge on any atom is 0.271 e. The molecule has 6 heteroatoms. The van der Waals surface area contributed by atoms with Gasteiger partial charge in [-0.3, -0.25) is 14.5 Å². The highest BCUT2D eigenvalue weighted by Gasteiger charge is 2.34. The van der Waals surface area contributed by atoms with Crippen LogP contribution in [0.2, 0.25) is 0 Å². The predicted octanol–water partition coefficient (Wildman–Crippen LogP) is 5.28. The molecule has 0 fully saturated rings. The van der Waals surface area contributed by atoms with E-state index in [0.29, 0.717) is 16.9 Å². The van der Waals surface area contributed by atoms with Crippen molar-refractivity contribution in [2.45, 2.75) is 13.8 Å². The van der Waals surface area contributed by atoms with Gasteiger partial charge in [-0.1, -0.05) is 36.4 Å². The van der Waals surface area contributed by atoms with Gasteiger partial charge in [-0.05, 0) is 43.2 Å². The molecule has 1 aliphatic rings. The summed E-state index contributed by atoms with van der Waals surface area (Å²) in [6.07, 6.45) is 5.69. The molecule has 0 bridgehead atoms. The van der Waals surface area contributed by atoms with Crippen molar-refractivity contribution in [1.82, 2.24) is 4.90 Å². The molecule has 1 aliphatic heterocycles. The number of hydrogen-bond acceptors (Lipinski definition) is 5. The number of nitrogens with zero attached hydrogens (tertiary/aromatic N) is 2. The van der Waals surface area contributed by atoms with Gasteiger partial charge in [-0.15, -0.1) is 11.3 Å². The molecule has 0 radical (unpaired) electrons. The Hall–Kier alpha value is -3.69. The standard InChI is InChI=1S/C24H18N2O3S/c1-3-26-23(27)19(15(2)20(14-25)24(26)28)11-17-12-22-21(29-17)13-18(30-22)10-9-16-7-5-4-6-8-16/h4-13H,3H2,1-2H3/b10-9+,19-11-. The van der Waals surface area contributed by atoms with E-state index in [4.69, 9.17) is 4.42 Å². The lowest BCUT2D eigenvalue weighted by Crippen LogP contribution is -2.42. The average molecular weight is 414 g/mol. The second-order valence-corrected chi connectivity index (χ2v) is 7.91. The molecular formula is C24H18N2O3S. The van der Waals surface area contributed by atoms with Crippen LogP contribution in [0.4, 0.5) is 0 Å². The number of carbonyl (C=O) groups is 2. The number of carbonyl (C=O) groups excluding carboxylic acids is 2. The molecule has 2 amide bonds. The molecule has 4 rings (SSSR count). The van der Waals surface area contributed by atoms with Crippen molar-refractivity contribution in [1.29, 1.82) is 5.26 Å². The quantitative estimate of drug-likeness (QED) is 0.430. The van der Waals surface area contributed by atoms with Gasteiger partial charge in [0.05, 0.1) is 4.70 Å². The first-order valence-corrected chi connectivity index (χ1v) is 10.3. The van der Waals surface area contributed by atoms with Gasteiger partial charge in [-0.25, -0.2) is 0 Å². The van der Waals surface area contributed by atoms with Crippen molar-refractivity contribution in [2.24, 2.45) is 0 Å².